The molecule has 3 rings (SSSR count). The average molecular weight is 371 g/mol. The highest BCUT2D eigenvalue weighted by atomic mass is 35.5. The lowest BCUT2D eigenvalue weighted by Gasteiger charge is -2.23. The van der Waals surface area contributed by atoms with Crippen LogP contribution in [0.4, 0.5) is 5.69 Å². The number of sulfonamides is 1. The van der Waals surface area contributed by atoms with E-state index in [0.717, 1.165) is 5.56 Å². The zero-order valence-electron chi connectivity index (χ0n) is 11.9. The Balaban J connectivity index is 1.93. The molecule has 2 N–H and O–H groups in total. The minimum atomic E-state index is -3.91. The lowest BCUT2D eigenvalue weighted by Crippen LogP contribution is -2.36. The third kappa shape index (κ3) is 3.26. The van der Waals surface area contributed by atoms with E-state index in [2.05, 4.69) is 20.0 Å². The number of guanidine groups is 1. The molecule has 0 fully saturated rings. The molecule has 0 aliphatic carbocycles. The van der Waals surface area contributed by atoms with Crippen molar-refractivity contribution in [3.05, 3.63) is 52.3 Å². The van der Waals surface area contributed by atoms with Crippen LogP contribution in [-0.2, 0) is 10.0 Å². The molecule has 0 amide bonds. The molecule has 1 aliphatic rings. The molecule has 0 saturated carbocycles. The second-order valence-electron chi connectivity index (χ2n) is 4.95. The first-order valence-corrected chi connectivity index (χ1v) is 8.84. The van der Waals surface area contributed by atoms with Crippen LogP contribution in [0, 0.1) is 0 Å². The third-order valence-corrected chi connectivity index (χ3v) is 5.30. The van der Waals surface area contributed by atoms with Gasteiger partial charge in [0.1, 0.15) is 4.90 Å². The largest absolute Gasteiger partial charge is 0.349 e. The molecule has 2 heterocycles. The van der Waals surface area contributed by atoms with Gasteiger partial charge < -0.3 is 10.6 Å². The SMILES string of the molecule is CC(NC1=NS(=O)(=O)c2c(Cl)cc(Cl)cc2N1)c1ccncc1. The molecule has 0 spiro atoms. The molecular weight excluding hydrogens is 359 g/mol. The summed E-state index contributed by atoms with van der Waals surface area (Å²) in [5.41, 5.74) is 1.23. The van der Waals surface area contributed by atoms with Gasteiger partial charge in [-0.15, -0.1) is 4.40 Å². The summed E-state index contributed by atoms with van der Waals surface area (Å²) in [4.78, 5) is 3.87. The highest BCUT2D eigenvalue weighted by Gasteiger charge is 2.29. The van der Waals surface area contributed by atoms with Crippen molar-refractivity contribution in [2.45, 2.75) is 17.9 Å². The van der Waals surface area contributed by atoms with Gasteiger partial charge in [0.2, 0.25) is 5.96 Å². The van der Waals surface area contributed by atoms with E-state index in [0.29, 0.717) is 10.7 Å². The summed E-state index contributed by atoms with van der Waals surface area (Å²) in [6, 6.07) is 6.35. The molecule has 9 heteroatoms. The summed E-state index contributed by atoms with van der Waals surface area (Å²) in [5.74, 6) is 0.111. The first-order chi connectivity index (χ1) is 10.9. The number of fused-ring (bicyclic) bond motifs is 1. The maximum absolute atomic E-state index is 12.3. The van der Waals surface area contributed by atoms with E-state index in [-0.39, 0.29) is 21.9 Å². The summed E-state index contributed by atoms with van der Waals surface area (Å²) in [7, 11) is -3.91. The van der Waals surface area contributed by atoms with Crippen LogP contribution in [0.15, 0.2) is 46.0 Å². The van der Waals surface area contributed by atoms with Gasteiger partial charge in [-0.3, -0.25) is 4.98 Å². The van der Waals surface area contributed by atoms with E-state index in [9.17, 15) is 8.42 Å². The number of aromatic nitrogens is 1. The Bertz CT molecular complexity index is 885. The van der Waals surface area contributed by atoms with Crippen LogP contribution in [0.5, 0.6) is 0 Å². The van der Waals surface area contributed by atoms with Crippen molar-refractivity contribution < 1.29 is 8.42 Å². The second-order valence-corrected chi connectivity index (χ2v) is 7.34. The van der Waals surface area contributed by atoms with Crippen molar-refractivity contribution in [3.63, 3.8) is 0 Å². The monoisotopic (exact) mass is 370 g/mol. The third-order valence-electron chi connectivity index (χ3n) is 3.29. The molecule has 1 aromatic heterocycles. The second kappa shape index (κ2) is 5.99. The normalized spacial score (nSPS) is 16.7. The Hall–Kier alpha value is -1.83. The zero-order valence-corrected chi connectivity index (χ0v) is 14.2. The van der Waals surface area contributed by atoms with E-state index in [1.807, 2.05) is 19.1 Å². The highest BCUT2D eigenvalue weighted by Crippen LogP contribution is 2.36. The van der Waals surface area contributed by atoms with Crippen LogP contribution in [0.3, 0.4) is 0 Å². The van der Waals surface area contributed by atoms with Gasteiger partial charge in [-0.05, 0) is 36.8 Å². The molecule has 6 nitrogen and oxygen atoms in total. The number of halogens is 2. The molecule has 120 valence electrons. The van der Waals surface area contributed by atoms with Crippen molar-refractivity contribution in [1.82, 2.24) is 10.3 Å². The maximum atomic E-state index is 12.3. The van der Waals surface area contributed by atoms with E-state index in [1.165, 1.54) is 12.1 Å². The van der Waals surface area contributed by atoms with Crippen LogP contribution >= 0.6 is 23.2 Å². The number of pyridine rings is 1. The van der Waals surface area contributed by atoms with Gasteiger partial charge in [-0.2, -0.15) is 8.42 Å². The molecule has 1 aromatic carbocycles. The molecule has 1 unspecified atom stereocenters. The summed E-state index contributed by atoms with van der Waals surface area (Å²) in [5, 5.41) is 6.29. The van der Waals surface area contributed by atoms with Crippen molar-refractivity contribution in [3.8, 4) is 0 Å². The van der Waals surface area contributed by atoms with Crippen LogP contribution in [-0.4, -0.2) is 19.4 Å². The van der Waals surface area contributed by atoms with E-state index < -0.39 is 10.0 Å². The minimum Gasteiger partial charge on any atom is -0.349 e. The molecule has 23 heavy (non-hydrogen) atoms. The smallest absolute Gasteiger partial charge is 0.289 e. The standard InChI is InChI=1S/C14H12Cl2N4O2S/c1-8(9-2-4-17-5-3-9)18-14-19-12-7-10(15)6-11(16)13(12)23(21,22)20-14/h2-8H,1H3,(H2,18,19,20). The molecule has 1 atom stereocenters. The Kier molecular flexibility index (Phi) is 4.18. The number of nitrogens with zero attached hydrogens (tertiary/aromatic N) is 2. The van der Waals surface area contributed by atoms with Gasteiger partial charge in [0.15, 0.2) is 0 Å². The molecule has 0 radical (unpaired) electrons. The highest BCUT2D eigenvalue weighted by molar-refractivity contribution is 7.90. The van der Waals surface area contributed by atoms with Gasteiger partial charge in [0.25, 0.3) is 10.0 Å². The Morgan fingerprint density at radius 2 is 1.91 bits per heavy atom. The van der Waals surface area contributed by atoms with E-state index in [1.54, 1.807) is 12.4 Å². The Morgan fingerprint density at radius 3 is 2.61 bits per heavy atom. The topological polar surface area (TPSA) is 83.5 Å². The van der Waals surface area contributed by atoms with Crippen molar-refractivity contribution >= 4 is 44.9 Å². The fourth-order valence-electron chi connectivity index (χ4n) is 2.23. The fourth-order valence-corrected chi connectivity index (χ4v) is 4.14. The number of hydrogen-bond donors (Lipinski definition) is 2. The van der Waals surface area contributed by atoms with E-state index >= 15 is 0 Å². The quantitative estimate of drug-likeness (QED) is 0.847. The average Bonchev–Trinajstić information content (AvgIpc) is 2.45. The summed E-state index contributed by atoms with van der Waals surface area (Å²) < 4.78 is 28.4. The molecule has 1 aliphatic heterocycles. The Morgan fingerprint density at radius 1 is 1.22 bits per heavy atom. The van der Waals surface area contributed by atoms with Gasteiger partial charge in [0.05, 0.1) is 16.8 Å². The van der Waals surface area contributed by atoms with Crippen molar-refractivity contribution in [1.29, 1.82) is 0 Å². The molecule has 0 saturated heterocycles. The number of benzene rings is 1. The van der Waals surface area contributed by atoms with Crippen LogP contribution in [0.25, 0.3) is 0 Å². The van der Waals surface area contributed by atoms with E-state index in [4.69, 9.17) is 23.2 Å². The lowest BCUT2D eigenvalue weighted by molar-refractivity contribution is 0.597. The zero-order chi connectivity index (χ0) is 16.6. The predicted octanol–water partition coefficient (Wildman–Crippen LogP) is 3.21. The van der Waals surface area contributed by atoms with Gasteiger partial charge in [-0.1, -0.05) is 23.2 Å². The predicted molar refractivity (Wildman–Crippen MR) is 90.5 cm³/mol. The number of hydrogen-bond acceptors (Lipinski definition) is 5. The molecule has 0 bridgehead atoms. The Labute approximate surface area is 143 Å². The van der Waals surface area contributed by atoms with Crippen LogP contribution in [0.1, 0.15) is 18.5 Å². The molecule has 2 aromatic rings. The number of rotatable bonds is 2. The summed E-state index contributed by atoms with van der Waals surface area (Å²) >= 11 is 11.9. The van der Waals surface area contributed by atoms with Crippen LogP contribution in [0.2, 0.25) is 10.0 Å². The van der Waals surface area contributed by atoms with Gasteiger partial charge >= 0.3 is 0 Å². The van der Waals surface area contributed by atoms with Crippen molar-refractivity contribution in [2.24, 2.45) is 4.40 Å². The number of nitrogens with one attached hydrogen (secondary N) is 2. The summed E-state index contributed by atoms with van der Waals surface area (Å²) in [6.45, 7) is 1.88. The maximum Gasteiger partial charge on any atom is 0.289 e. The van der Waals surface area contributed by atoms with Gasteiger partial charge in [-0.25, -0.2) is 0 Å². The summed E-state index contributed by atoms with van der Waals surface area (Å²) in [6.07, 6.45) is 3.32. The number of anilines is 1. The fraction of sp³-hybridized carbons (Fsp3) is 0.143. The first-order valence-electron chi connectivity index (χ1n) is 6.64. The van der Waals surface area contributed by atoms with Gasteiger partial charge in [0, 0.05) is 17.4 Å². The first kappa shape index (κ1) is 16.0. The van der Waals surface area contributed by atoms with Crippen molar-refractivity contribution in [2.75, 3.05) is 5.32 Å². The molecular formula is C14H12Cl2N4O2S. The minimum absolute atomic E-state index is 0.0324. The van der Waals surface area contributed by atoms with Crippen LogP contribution < -0.4 is 10.6 Å². The lowest BCUT2D eigenvalue weighted by atomic mass is 10.1.